The van der Waals surface area contributed by atoms with Crippen molar-refractivity contribution in [1.82, 2.24) is 4.98 Å². The molecule has 0 aliphatic rings. The number of benzene rings is 1. The molecule has 0 saturated heterocycles. The molecule has 0 amide bonds. The lowest BCUT2D eigenvalue weighted by molar-refractivity contribution is 0.149. The zero-order chi connectivity index (χ0) is 13.9. The van der Waals surface area contributed by atoms with Gasteiger partial charge in [0, 0.05) is 17.4 Å². The second kappa shape index (κ2) is 5.61. The first-order chi connectivity index (χ1) is 9.74. The minimum Gasteiger partial charge on any atom is -0.466 e. The summed E-state index contributed by atoms with van der Waals surface area (Å²) in [5, 5.41) is 13.1. The summed E-state index contributed by atoms with van der Waals surface area (Å²) in [6, 6.07) is 11.9. The molecule has 2 heterocycles. The number of aryl methyl sites for hydroxylation is 1. The summed E-state index contributed by atoms with van der Waals surface area (Å²) < 4.78 is 5.32. The van der Waals surface area contributed by atoms with Crippen molar-refractivity contribution in [1.29, 1.82) is 0 Å². The van der Waals surface area contributed by atoms with E-state index in [4.69, 9.17) is 4.42 Å². The maximum absolute atomic E-state index is 10.2. The molecule has 3 rings (SSSR count). The Morgan fingerprint density at radius 3 is 2.75 bits per heavy atom. The highest BCUT2D eigenvalue weighted by Crippen LogP contribution is 2.27. The molecule has 102 valence electrons. The van der Waals surface area contributed by atoms with Crippen LogP contribution in [0.4, 0.5) is 0 Å². The van der Waals surface area contributed by atoms with Crippen LogP contribution in [-0.2, 0) is 6.42 Å². The van der Waals surface area contributed by atoms with Gasteiger partial charge in [0.05, 0.1) is 17.0 Å². The number of hydrogen-bond donors (Lipinski definition) is 1. The Morgan fingerprint density at radius 2 is 2.05 bits per heavy atom. The predicted octanol–water partition coefficient (Wildman–Crippen LogP) is 3.99. The molecule has 0 aliphatic heterocycles. The summed E-state index contributed by atoms with van der Waals surface area (Å²) in [6.45, 7) is 1.93. The third-order valence-electron chi connectivity index (χ3n) is 3.19. The van der Waals surface area contributed by atoms with Crippen LogP contribution in [-0.4, -0.2) is 10.1 Å². The van der Waals surface area contributed by atoms with Crippen molar-refractivity contribution in [2.45, 2.75) is 19.4 Å². The number of rotatable bonds is 4. The van der Waals surface area contributed by atoms with Gasteiger partial charge in [-0.25, -0.2) is 4.98 Å². The van der Waals surface area contributed by atoms with Crippen LogP contribution in [0.15, 0.2) is 52.5 Å². The van der Waals surface area contributed by atoms with Crippen LogP contribution in [0.25, 0.3) is 11.3 Å². The maximum Gasteiger partial charge on any atom is 0.135 e. The molecule has 0 saturated carbocycles. The van der Waals surface area contributed by atoms with Crippen molar-refractivity contribution in [3.05, 3.63) is 64.4 Å². The molecule has 0 fully saturated rings. The molecule has 0 bridgehead atoms. The number of aliphatic hydroxyl groups excluding tert-OH is 1. The Balaban J connectivity index is 1.76. The predicted molar refractivity (Wildman–Crippen MR) is 79.7 cm³/mol. The van der Waals surface area contributed by atoms with Crippen LogP contribution in [0.3, 0.4) is 0 Å². The lowest BCUT2D eigenvalue weighted by atomic mass is 10.1. The average molecular weight is 285 g/mol. The van der Waals surface area contributed by atoms with E-state index in [0.717, 1.165) is 21.8 Å². The summed E-state index contributed by atoms with van der Waals surface area (Å²) in [6.07, 6.45) is 1.44. The van der Waals surface area contributed by atoms with E-state index in [1.54, 1.807) is 17.6 Å². The number of hydrogen-bond acceptors (Lipinski definition) is 4. The van der Waals surface area contributed by atoms with Gasteiger partial charge in [-0.05, 0) is 18.6 Å². The van der Waals surface area contributed by atoms with Crippen LogP contribution >= 0.6 is 11.3 Å². The molecule has 0 aliphatic carbocycles. The van der Waals surface area contributed by atoms with Crippen molar-refractivity contribution in [2.75, 3.05) is 0 Å². The van der Waals surface area contributed by atoms with Crippen LogP contribution < -0.4 is 0 Å². The van der Waals surface area contributed by atoms with Crippen LogP contribution in [0, 0.1) is 6.92 Å². The standard InChI is InChI=1S/C16H15NO2S/c1-11-7-8-19-16(11)14(18)9-15-17-13(10-20-15)12-5-3-2-4-6-12/h2-8,10,14,18H,9H2,1H3. The van der Waals surface area contributed by atoms with E-state index in [0.29, 0.717) is 12.2 Å². The summed E-state index contributed by atoms with van der Waals surface area (Å²) in [4.78, 5) is 4.58. The molecular weight excluding hydrogens is 270 g/mol. The fraction of sp³-hybridized carbons (Fsp3) is 0.188. The van der Waals surface area contributed by atoms with Crippen molar-refractivity contribution in [2.24, 2.45) is 0 Å². The average Bonchev–Trinajstić information content (AvgIpc) is 3.09. The van der Waals surface area contributed by atoms with Gasteiger partial charge in [0.2, 0.25) is 0 Å². The van der Waals surface area contributed by atoms with Gasteiger partial charge in [0.15, 0.2) is 0 Å². The Hall–Kier alpha value is -1.91. The highest BCUT2D eigenvalue weighted by molar-refractivity contribution is 7.09. The van der Waals surface area contributed by atoms with E-state index in [1.165, 1.54) is 0 Å². The zero-order valence-electron chi connectivity index (χ0n) is 11.1. The quantitative estimate of drug-likeness (QED) is 0.788. The van der Waals surface area contributed by atoms with Gasteiger partial charge in [0.25, 0.3) is 0 Å². The second-order valence-electron chi connectivity index (χ2n) is 4.68. The first-order valence-electron chi connectivity index (χ1n) is 6.46. The third kappa shape index (κ3) is 2.66. The Labute approximate surface area is 121 Å². The van der Waals surface area contributed by atoms with E-state index in [2.05, 4.69) is 4.98 Å². The molecule has 1 N–H and O–H groups in total. The molecule has 1 atom stereocenters. The van der Waals surface area contributed by atoms with Gasteiger partial charge >= 0.3 is 0 Å². The fourth-order valence-corrected chi connectivity index (χ4v) is 2.97. The molecule has 0 spiro atoms. The maximum atomic E-state index is 10.2. The number of aliphatic hydroxyl groups is 1. The molecule has 0 radical (unpaired) electrons. The van der Waals surface area contributed by atoms with E-state index < -0.39 is 6.10 Å². The van der Waals surface area contributed by atoms with Crippen LogP contribution in [0.5, 0.6) is 0 Å². The number of aromatic nitrogens is 1. The number of thiazole rings is 1. The Morgan fingerprint density at radius 1 is 1.25 bits per heavy atom. The lowest BCUT2D eigenvalue weighted by Gasteiger charge is -2.06. The summed E-state index contributed by atoms with van der Waals surface area (Å²) in [7, 11) is 0. The van der Waals surface area contributed by atoms with Crippen molar-refractivity contribution < 1.29 is 9.52 Å². The number of furan rings is 1. The van der Waals surface area contributed by atoms with E-state index in [-0.39, 0.29) is 0 Å². The first kappa shape index (κ1) is 13.1. The highest BCUT2D eigenvalue weighted by atomic mass is 32.1. The molecule has 20 heavy (non-hydrogen) atoms. The largest absolute Gasteiger partial charge is 0.466 e. The van der Waals surface area contributed by atoms with Gasteiger partial charge in [-0.2, -0.15) is 0 Å². The smallest absolute Gasteiger partial charge is 0.135 e. The van der Waals surface area contributed by atoms with Crippen molar-refractivity contribution in [3.63, 3.8) is 0 Å². The molecular formula is C16H15NO2S. The molecule has 2 aromatic heterocycles. The zero-order valence-corrected chi connectivity index (χ0v) is 11.9. The Kier molecular flexibility index (Phi) is 3.67. The minimum atomic E-state index is -0.639. The van der Waals surface area contributed by atoms with Gasteiger partial charge in [-0.15, -0.1) is 11.3 Å². The van der Waals surface area contributed by atoms with E-state index in [9.17, 15) is 5.11 Å². The van der Waals surface area contributed by atoms with Crippen molar-refractivity contribution >= 4 is 11.3 Å². The lowest BCUT2D eigenvalue weighted by Crippen LogP contribution is -2.01. The molecule has 1 aromatic carbocycles. The van der Waals surface area contributed by atoms with Crippen LogP contribution in [0.2, 0.25) is 0 Å². The summed E-state index contributed by atoms with van der Waals surface area (Å²) in [5.74, 6) is 0.626. The van der Waals surface area contributed by atoms with Crippen molar-refractivity contribution in [3.8, 4) is 11.3 Å². The third-order valence-corrected chi connectivity index (χ3v) is 4.06. The molecule has 3 nitrogen and oxygen atoms in total. The SMILES string of the molecule is Cc1ccoc1C(O)Cc1nc(-c2ccccc2)cs1. The normalized spacial score (nSPS) is 12.5. The monoisotopic (exact) mass is 285 g/mol. The highest BCUT2D eigenvalue weighted by Gasteiger charge is 2.16. The summed E-state index contributed by atoms with van der Waals surface area (Å²) >= 11 is 1.56. The van der Waals surface area contributed by atoms with E-state index >= 15 is 0 Å². The number of nitrogens with zero attached hydrogens (tertiary/aromatic N) is 1. The van der Waals surface area contributed by atoms with Crippen LogP contribution in [0.1, 0.15) is 22.4 Å². The Bertz CT molecular complexity index is 687. The molecule has 1 unspecified atom stereocenters. The van der Waals surface area contributed by atoms with Gasteiger partial charge < -0.3 is 9.52 Å². The molecule has 3 aromatic rings. The van der Waals surface area contributed by atoms with Gasteiger partial charge in [-0.1, -0.05) is 30.3 Å². The molecule has 4 heteroatoms. The van der Waals surface area contributed by atoms with E-state index in [1.807, 2.05) is 48.7 Å². The van der Waals surface area contributed by atoms with Gasteiger partial charge in [-0.3, -0.25) is 0 Å². The minimum absolute atomic E-state index is 0.478. The topological polar surface area (TPSA) is 46.3 Å². The first-order valence-corrected chi connectivity index (χ1v) is 7.34. The van der Waals surface area contributed by atoms with Gasteiger partial charge in [0.1, 0.15) is 11.9 Å². The summed E-state index contributed by atoms with van der Waals surface area (Å²) in [5.41, 5.74) is 3.02. The second-order valence-corrected chi connectivity index (χ2v) is 5.62. The fourth-order valence-electron chi connectivity index (χ4n) is 2.13.